The standard InChI is InChI=1S/C12H17FN2O5/c1-6-3-15(11(19)14-9(6)18)10-8(13)12(2,5-17)7(4-16)20-10/h3,7-8,10,16-17H,4-5H2,1-2H3,(H,14,18,19)/t7-,8-,10-,12?/m1/s1. The number of halogens is 1. The summed E-state index contributed by atoms with van der Waals surface area (Å²) in [6, 6.07) is 0. The fraction of sp³-hybridized carbons (Fsp3) is 0.667. The van der Waals surface area contributed by atoms with Gasteiger partial charge in [0.1, 0.15) is 0 Å². The lowest BCUT2D eigenvalue weighted by Crippen LogP contribution is -2.41. The molecule has 0 saturated carbocycles. The third-order valence-electron chi connectivity index (χ3n) is 3.85. The number of aryl methyl sites for hydroxylation is 1. The number of nitrogens with one attached hydrogen (secondary N) is 1. The number of H-pyrrole nitrogens is 1. The number of aromatic nitrogens is 2. The lowest BCUT2D eigenvalue weighted by atomic mass is 9.82. The topological polar surface area (TPSA) is 105 Å². The Kier molecular flexibility index (Phi) is 3.81. The molecule has 20 heavy (non-hydrogen) atoms. The Morgan fingerprint density at radius 3 is 2.65 bits per heavy atom. The highest BCUT2D eigenvalue weighted by Gasteiger charge is 2.54. The summed E-state index contributed by atoms with van der Waals surface area (Å²) in [6.07, 6.45) is -2.73. The maximum absolute atomic E-state index is 14.5. The lowest BCUT2D eigenvalue weighted by Gasteiger charge is -2.27. The molecule has 8 heteroatoms. The van der Waals surface area contributed by atoms with Crippen molar-refractivity contribution in [2.45, 2.75) is 32.4 Å². The van der Waals surface area contributed by atoms with Gasteiger partial charge in [-0.1, -0.05) is 6.92 Å². The molecule has 7 nitrogen and oxygen atoms in total. The van der Waals surface area contributed by atoms with Crippen LogP contribution in [0.5, 0.6) is 0 Å². The predicted molar refractivity (Wildman–Crippen MR) is 67.1 cm³/mol. The summed E-state index contributed by atoms with van der Waals surface area (Å²) in [6.45, 7) is 1.89. The molecule has 1 aromatic heterocycles. The number of aliphatic hydroxyl groups excluding tert-OH is 2. The van der Waals surface area contributed by atoms with Gasteiger partial charge in [-0.2, -0.15) is 0 Å². The Bertz CT molecular complexity index is 613. The van der Waals surface area contributed by atoms with Crippen LogP contribution < -0.4 is 11.2 Å². The Hall–Kier alpha value is -1.51. The Morgan fingerprint density at radius 1 is 1.50 bits per heavy atom. The molecule has 3 N–H and O–H groups in total. The fourth-order valence-corrected chi connectivity index (χ4v) is 2.32. The van der Waals surface area contributed by atoms with Gasteiger partial charge in [0.05, 0.1) is 24.7 Å². The summed E-state index contributed by atoms with van der Waals surface area (Å²) >= 11 is 0. The molecular weight excluding hydrogens is 271 g/mol. The third kappa shape index (κ3) is 2.09. The van der Waals surface area contributed by atoms with Crippen LogP contribution in [0.25, 0.3) is 0 Å². The van der Waals surface area contributed by atoms with Gasteiger partial charge in [-0.3, -0.25) is 14.3 Å². The maximum Gasteiger partial charge on any atom is 0.330 e. The van der Waals surface area contributed by atoms with Crippen molar-refractivity contribution in [3.05, 3.63) is 32.6 Å². The number of rotatable bonds is 3. The number of aliphatic hydroxyl groups is 2. The second-order valence-corrected chi connectivity index (χ2v) is 5.24. The van der Waals surface area contributed by atoms with E-state index < -0.39 is 48.4 Å². The number of hydrogen-bond donors (Lipinski definition) is 3. The summed E-state index contributed by atoms with van der Waals surface area (Å²) in [5.74, 6) is 0. The van der Waals surface area contributed by atoms with Crippen molar-refractivity contribution in [1.82, 2.24) is 9.55 Å². The first-order chi connectivity index (χ1) is 9.35. The molecule has 1 unspecified atom stereocenters. The van der Waals surface area contributed by atoms with Gasteiger partial charge in [0, 0.05) is 11.8 Å². The quantitative estimate of drug-likeness (QED) is 0.666. The van der Waals surface area contributed by atoms with Crippen LogP contribution in [0.3, 0.4) is 0 Å². The van der Waals surface area contributed by atoms with Gasteiger partial charge < -0.3 is 14.9 Å². The minimum Gasteiger partial charge on any atom is -0.396 e. The summed E-state index contributed by atoms with van der Waals surface area (Å²) in [5.41, 5.74) is -2.43. The molecular formula is C12H17FN2O5. The molecule has 0 amide bonds. The van der Waals surface area contributed by atoms with E-state index in [2.05, 4.69) is 4.98 Å². The summed E-state index contributed by atoms with van der Waals surface area (Å²) in [5, 5.41) is 18.6. The van der Waals surface area contributed by atoms with E-state index in [0.29, 0.717) is 0 Å². The summed E-state index contributed by atoms with van der Waals surface area (Å²) in [4.78, 5) is 25.1. The maximum atomic E-state index is 14.5. The number of hydrogen-bond acceptors (Lipinski definition) is 5. The number of ether oxygens (including phenoxy) is 1. The van der Waals surface area contributed by atoms with Crippen molar-refractivity contribution in [3.8, 4) is 0 Å². The monoisotopic (exact) mass is 288 g/mol. The lowest BCUT2D eigenvalue weighted by molar-refractivity contribution is -0.0551. The molecule has 0 bridgehead atoms. The Balaban J connectivity index is 2.48. The van der Waals surface area contributed by atoms with Crippen LogP contribution in [0.1, 0.15) is 18.7 Å². The van der Waals surface area contributed by atoms with Crippen LogP contribution in [0.4, 0.5) is 4.39 Å². The normalized spacial score (nSPS) is 33.5. The second kappa shape index (κ2) is 5.12. The average Bonchev–Trinajstić information content (AvgIpc) is 2.67. The zero-order valence-corrected chi connectivity index (χ0v) is 11.2. The molecule has 1 aliphatic heterocycles. The van der Waals surface area contributed by atoms with Crippen LogP contribution >= 0.6 is 0 Å². The van der Waals surface area contributed by atoms with E-state index >= 15 is 0 Å². The van der Waals surface area contributed by atoms with Crippen molar-refractivity contribution in [2.75, 3.05) is 13.2 Å². The first kappa shape index (κ1) is 14.9. The van der Waals surface area contributed by atoms with Crippen molar-refractivity contribution in [2.24, 2.45) is 5.41 Å². The Morgan fingerprint density at radius 2 is 2.15 bits per heavy atom. The Labute approximate surface area is 113 Å². The molecule has 1 fully saturated rings. The third-order valence-corrected chi connectivity index (χ3v) is 3.85. The highest BCUT2D eigenvalue weighted by atomic mass is 19.1. The van der Waals surface area contributed by atoms with E-state index in [1.807, 2.05) is 0 Å². The molecule has 1 aromatic rings. The molecule has 0 radical (unpaired) electrons. The van der Waals surface area contributed by atoms with E-state index in [9.17, 15) is 24.2 Å². The average molecular weight is 288 g/mol. The van der Waals surface area contributed by atoms with Crippen molar-refractivity contribution < 1.29 is 19.3 Å². The SMILES string of the molecule is Cc1cn([C@@H]2O[C@H](CO)C(C)(CO)[C@@H]2F)c(=O)[nH]c1=O. The van der Waals surface area contributed by atoms with E-state index in [1.165, 1.54) is 20.0 Å². The molecule has 4 atom stereocenters. The highest BCUT2D eigenvalue weighted by Crippen LogP contribution is 2.44. The van der Waals surface area contributed by atoms with Crippen LogP contribution in [0, 0.1) is 12.3 Å². The van der Waals surface area contributed by atoms with Gasteiger partial charge in [-0.25, -0.2) is 9.18 Å². The first-order valence-corrected chi connectivity index (χ1v) is 6.18. The molecule has 2 heterocycles. The van der Waals surface area contributed by atoms with E-state index in [1.54, 1.807) is 0 Å². The first-order valence-electron chi connectivity index (χ1n) is 6.18. The van der Waals surface area contributed by atoms with Gasteiger partial charge in [-0.05, 0) is 6.92 Å². The largest absolute Gasteiger partial charge is 0.396 e. The smallest absolute Gasteiger partial charge is 0.330 e. The fourth-order valence-electron chi connectivity index (χ4n) is 2.32. The molecule has 0 spiro atoms. The number of aromatic amines is 1. The van der Waals surface area contributed by atoms with E-state index in [-0.39, 0.29) is 5.56 Å². The summed E-state index contributed by atoms with van der Waals surface area (Å²) < 4.78 is 20.8. The van der Waals surface area contributed by atoms with Crippen LogP contribution in [0.2, 0.25) is 0 Å². The van der Waals surface area contributed by atoms with Crippen LogP contribution in [-0.2, 0) is 4.74 Å². The highest BCUT2D eigenvalue weighted by molar-refractivity contribution is 5.05. The molecule has 0 aliphatic carbocycles. The molecule has 112 valence electrons. The second-order valence-electron chi connectivity index (χ2n) is 5.24. The zero-order chi connectivity index (χ0) is 15.1. The molecule has 0 aromatic carbocycles. The van der Waals surface area contributed by atoms with Crippen molar-refractivity contribution in [3.63, 3.8) is 0 Å². The molecule has 2 rings (SSSR count). The minimum atomic E-state index is -1.70. The van der Waals surface area contributed by atoms with Gasteiger partial charge in [-0.15, -0.1) is 0 Å². The number of nitrogens with zero attached hydrogens (tertiary/aromatic N) is 1. The van der Waals surface area contributed by atoms with Gasteiger partial charge >= 0.3 is 5.69 Å². The molecule has 1 aliphatic rings. The van der Waals surface area contributed by atoms with E-state index in [4.69, 9.17) is 4.74 Å². The minimum absolute atomic E-state index is 0.235. The summed E-state index contributed by atoms with van der Waals surface area (Å²) in [7, 11) is 0. The zero-order valence-electron chi connectivity index (χ0n) is 11.2. The van der Waals surface area contributed by atoms with Crippen molar-refractivity contribution >= 4 is 0 Å². The van der Waals surface area contributed by atoms with E-state index in [0.717, 1.165) is 4.57 Å². The van der Waals surface area contributed by atoms with Gasteiger partial charge in [0.25, 0.3) is 5.56 Å². The molecule has 1 saturated heterocycles. The predicted octanol–water partition coefficient (Wildman–Crippen LogP) is -0.929. The van der Waals surface area contributed by atoms with Gasteiger partial charge in [0.15, 0.2) is 12.4 Å². The van der Waals surface area contributed by atoms with Crippen LogP contribution in [0.15, 0.2) is 15.8 Å². The van der Waals surface area contributed by atoms with Gasteiger partial charge in [0.2, 0.25) is 0 Å². The van der Waals surface area contributed by atoms with Crippen molar-refractivity contribution in [1.29, 1.82) is 0 Å². The number of alkyl halides is 1. The van der Waals surface area contributed by atoms with Crippen LogP contribution in [-0.4, -0.2) is 45.3 Å².